The van der Waals surface area contributed by atoms with Crippen LogP contribution in [-0.2, 0) is 6.61 Å². The molecule has 1 N–H and O–H groups in total. The zero-order valence-corrected chi connectivity index (χ0v) is 19.7. The zero-order valence-electron chi connectivity index (χ0n) is 18.2. The first-order valence-corrected chi connectivity index (χ1v) is 10.8. The molecule has 0 saturated carbocycles. The summed E-state index contributed by atoms with van der Waals surface area (Å²) in [6, 6.07) is 15.1. The predicted octanol–water partition coefficient (Wildman–Crippen LogP) is 4.48. The number of ether oxygens (including phenoxy) is 3. The maximum absolute atomic E-state index is 12.7. The van der Waals surface area contributed by atoms with E-state index in [0.29, 0.717) is 43.8 Å². The number of hydrogen-bond donors (Lipinski definition) is 1. The highest BCUT2D eigenvalue weighted by Gasteiger charge is 2.15. The topological polar surface area (TPSA) is 94.9 Å². The van der Waals surface area contributed by atoms with Gasteiger partial charge in [-0.2, -0.15) is 5.10 Å². The molecule has 0 aliphatic rings. The van der Waals surface area contributed by atoms with E-state index in [4.69, 9.17) is 37.4 Å². The second-order valence-corrected chi connectivity index (χ2v) is 7.96. The molecule has 0 saturated heterocycles. The molecule has 0 aliphatic carbocycles. The van der Waals surface area contributed by atoms with Crippen molar-refractivity contribution in [3.63, 3.8) is 0 Å². The monoisotopic (exact) mass is 499 g/mol. The van der Waals surface area contributed by atoms with E-state index < -0.39 is 11.2 Å². The third-order valence-corrected chi connectivity index (χ3v) is 5.56. The van der Waals surface area contributed by atoms with Gasteiger partial charge in [0.25, 0.3) is 5.56 Å². The average Bonchev–Trinajstić information content (AvgIpc) is 2.83. The van der Waals surface area contributed by atoms with Crippen LogP contribution in [0.4, 0.5) is 0 Å². The summed E-state index contributed by atoms with van der Waals surface area (Å²) >= 11 is 12.2. The van der Waals surface area contributed by atoms with Gasteiger partial charge in [-0.25, -0.2) is 4.79 Å². The van der Waals surface area contributed by atoms with Crippen molar-refractivity contribution in [1.82, 2.24) is 9.66 Å². The summed E-state index contributed by atoms with van der Waals surface area (Å²) in [6.45, 7) is 0.151. The fourth-order valence-corrected chi connectivity index (χ4v) is 3.75. The molecule has 10 heteroatoms. The molecule has 1 heterocycles. The predicted molar refractivity (Wildman–Crippen MR) is 132 cm³/mol. The van der Waals surface area contributed by atoms with E-state index in [1.165, 1.54) is 20.4 Å². The van der Waals surface area contributed by atoms with E-state index in [1.54, 1.807) is 54.6 Å². The van der Waals surface area contributed by atoms with Crippen molar-refractivity contribution >= 4 is 40.3 Å². The van der Waals surface area contributed by atoms with Crippen LogP contribution in [0.25, 0.3) is 10.9 Å². The van der Waals surface area contributed by atoms with Crippen molar-refractivity contribution in [2.75, 3.05) is 14.2 Å². The van der Waals surface area contributed by atoms with E-state index in [2.05, 4.69) is 10.1 Å². The van der Waals surface area contributed by atoms with E-state index >= 15 is 0 Å². The van der Waals surface area contributed by atoms with Gasteiger partial charge in [0.2, 0.25) is 5.75 Å². The Hall–Kier alpha value is -3.75. The van der Waals surface area contributed by atoms with Crippen molar-refractivity contribution in [2.45, 2.75) is 6.61 Å². The number of H-pyrrole nitrogens is 1. The van der Waals surface area contributed by atoms with Crippen molar-refractivity contribution in [1.29, 1.82) is 0 Å². The van der Waals surface area contributed by atoms with Gasteiger partial charge in [0.15, 0.2) is 11.5 Å². The van der Waals surface area contributed by atoms with Gasteiger partial charge in [0.05, 0.1) is 31.3 Å². The highest BCUT2D eigenvalue weighted by atomic mass is 35.5. The summed E-state index contributed by atoms with van der Waals surface area (Å²) in [5.74, 6) is 1.09. The molecule has 0 amide bonds. The van der Waals surface area contributed by atoms with Crippen molar-refractivity contribution < 1.29 is 14.2 Å². The van der Waals surface area contributed by atoms with Gasteiger partial charge in [0.1, 0.15) is 6.61 Å². The molecule has 4 aromatic rings. The first-order valence-electron chi connectivity index (χ1n) is 10.0. The Labute approximate surface area is 203 Å². The van der Waals surface area contributed by atoms with Gasteiger partial charge in [-0.1, -0.05) is 41.4 Å². The van der Waals surface area contributed by atoms with Crippen LogP contribution in [0.1, 0.15) is 11.1 Å². The standard InChI is InChI=1S/C24H19Cl2N3O5/c1-32-20-9-14(12-27-29-23(30)17-5-3-4-6-19(17)28-24(29)31)10-21(33-2)22(20)34-13-15-7-8-16(25)11-18(15)26/h3-12H,13H2,1-2H3,(H,28,31). The summed E-state index contributed by atoms with van der Waals surface area (Å²) < 4.78 is 17.6. The molecule has 0 spiro atoms. The van der Waals surface area contributed by atoms with Gasteiger partial charge in [-0.3, -0.25) is 4.79 Å². The lowest BCUT2D eigenvalue weighted by Gasteiger charge is -2.16. The molecule has 174 valence electrons. The molecular formula is C24H19Cl2N3O5. The normalized spacial score (nSPS) is 11.2. The third-order valence-electron chi connectivity index (χ3n) is 4.98. The number of nitrogens with one attached hydrogen (secondary N) is 1. The van der Waals surface area contributed by atoms with Crippen LogP contribution in [0, 0.1) is 0 Å². The highest BCUT2D eigenvalue weighted by molar-refractivity contribution is 6.35. The minimum absolute atomic E-state index is 0.151. The SMILES string of the molecule is COc1cc(C=Nn2c(=O)[nH]c3ccccc3c2=O)cc(OC)c1OCc1ccc(Cl)cc1Cl. The van der Waals surface area contributed by atoms with Crippen LogP contribution >= 0.6 is 23.2 Å². The zero-order chi connectivity index (χ0) is 24.2. The number of halogens is 2. The number of hydrogen-bond acceptors (Lipinski definition) is 6. The number of methoxy groups -OCH3 is 2. The minimum atomic E-state index is -0.654. The number of aromatic nitrogens is 2. The van der Waals surface area contributed by atoms with Crippen LogP contribution in [0.15, 0.2) is 69.3 Å². The Morgan fingerprint density at radius 1 is 1.00 bits per heavy atom. The summed E-state index contributed by atoms with van der Waals surface area (Å²) in [4.78, 5) is 27.7. The maximum atomic E-state index is 12.7. The molecular weight excluding hydrogens is 481 g/mol. The molecule has 4 rings (SSSR count). The molecule has 34 heavy (non-hydrogen) atoms. The number of aromatic amines is 1. The average molecular weight is 500 g/mol. The minimum Gasteiger partial charge on any atom is -0.493 e. The van der Waals surface area contributed by atoms with Crippen LogP contribution in [0.5, 0.6) is 17.2 Å². The van der Waals surface area contributed by atoms with Gasteiger partial charge < -0.3 is 19.2 Å². The van der Waals surface area contributed by atoms with Gasteiger partial charge in [-0.05, 0) is 36.4 Å². The molecule has 0 radical (unpaired) electrons. The van der Waals surface area contributed by atoms with Gasteiger partial charge in [0, 0.05) is 21.2 Å². The van der Waals surface area contributed by atoms with E-state index in [-0.39, 0.29) is 6.61 Å². The smallest absolute Gasteiger partial charge is 0.349 e. The van der Waals surface area contributed by atoms with Crippen LogP contribution in [0.2, 0.25) is 10.0 Å². The van der Waals surface area contributed by atoms with Crippen molar-refractivity contribution in [3.8, 4) is 17.2 Å². The van der Waals surface area contributed by atoms with E-state index in [0.717, 1.165) is 10.2 Å². The quantitative estimate of drug-likeness (QED) is 0.378. The fourth-order valence-electron chi connectivity index (χ4n) is 3.29. The molecule has 0 bridgehead atoms. The Morgan fingerprint density at radius 2 is 1.71 bits per heavy atom. The highest BCUT2D eigenvalue weighted by Crippen LogP contribution is 2.39. The van der Waals surface area contributed by atoms with Crippen LogP contribution in [0.3, 0.4) is 0 Å². The summed E-state index contributed by atoms with van der Waals surface area (Å²) in [6.07, 6.45) is 1.36. The molecule has 8 nitrogen and oxygen atoms in total. The molecule has 0 atom stereocenters. The first-order chi connectivity index (χ1) is 16.4. The van der Waals surface area contributed by atoms with Crippen molar-refractivity contribution in [2.24, 2.45) is 5.10 Å². The number of nitrogens with zero attached hydrogens (tertiary/aromatic N) is 2. The lowest BCUT2D eigenvalue weighted by atomic mass is 10.2. The van der Waals surface area contributed by atoms with Crippen molar-refractivity contribution in [3.05, 3.63) is 96.6 Å². The second-order valence-electron chi connectivity index (χ2n) is 7.12. The Morgan fingerprint density at radius 3 is 2.38 bits per heavy atom. The van der Waals surface area contributed by atoms with Crippen LogP contribution in [-0.4, -0.2) is 30.1 Å². The maximum Gasteiger partial charge on any atom is 0.349 e. The van der Waals surface area contributed by atoms with Crippen LogP contribution < -0.4 is 25.5 Å². The van der Waals surface area contributed by atoms with E-state index in [9.17, 15) is 9.59 Å². The Balaban J connectivity index is 1.66. The van der Waals surface area contributed by atoms with E-state index in [1.807, 2.05) is 0 Å². The van der Waals surface area contributed by atoms with Gasteiger partial charge in [-0.15, -0.1) is 4.68 Å². The molecule has 0 fully saturated rings. The molecule has 0 unspecified atom stereocenters. The summed E-state index contributed by atoms with van der Waals surface area (Å²) in [5.41, 5.74) is 0.503. The number of fused-ring (bicyclic) bond motifs is 1. The number of para-hydroxylation sites is 1. The summed E-state index contributed by atoms with van der Waals surface area (Å²) in [5, 5.41) is 5.42. The molecule has 3 aromatic carbocycles. The largest absolute Gasteiger partial charge is 0.493 e. The lowest BCUT2D eigenvalue weighted by Crippen LogP contribution is -2.32. The number of benzene rings is 3. The first kappa shape index (κ1) is 23.4. The lowest BCUT2D eigenvalue weighted by molar-refractivity contribution is 0.266. The Kier molecular flexibility index (Phi) is 6.90. The Bertz CT molecular complexity index is 1490. The third kappa shape index (κ3) is 4.78. The fraction of sp³-hybridized carbons (Fsp3) is 0.125. The molecule has 0 aliphatic heterocycles. The van der Waals surface area contributed by atoms with Gasteiger partial charge >= 0.3 is 5.69 Å². The molecule has 1 aromatic heterocycles. The summed E-state index contributed by atoms with van der Waals surface area (Å²) in [7, 11) is 2.97. The number of rotatable bonds is 7. The second kappa shape index (κ2) is 10.0.